The van der Waals surface area contributed by atoms with Gasteiger partial charge in [0.15, 0.2) is 0 Å². The third-order valence-corrected chi connectivity index (χ3v) is 3.23. The zero-order valence-corrected chi connectivity index (χ0v) is 14.4. The Hall–Kier alpha value is -2.63. The summed E-state index contributed by atoms with van der Waals surface area (Å²) >= 11 is 0. The Morgan fingerprint density at radius 1 is 1.25 bits per heavy atom. The lowest BCUT2D eigenvalue weighted by molar-refractivity contribution is 0.0948. The van der Waals surface area contributed by atoms with E-state index < -0.39 is 0 Å². The van der Waals surface area contributed by atoms with Crippen LogP contribution in [0.1, 0.15) is 44.1 Å². The fraction of sp³-hybridized carbons (Fsp3) is 0.389. The second-order valence-electron chi connectivity index (χ2n) is 5.69. The van der Waals surface area contributed by atoms with Gasteiger partial charge >= 0.3 is 0 Å². The van der Waals surface area contributed by atoms with E-state index in [1.165, 1.54) is 6.33 Å². The van der Waals surface area contributed by atoms with E-state index in [0.29, 0.717) is 18.1 Å². The van der Waals surface area contributed by atoms with Crippen LogP contribution in [0.5, 0.6) is 5.75 Å². The van der Waals surface area contributed by atoms with Gasteiger partial charge in [-0.1, -0.05) is 25.5 Å². The lowest BCUT2D eigenvalue weighted by atomic mass is 10.2. The van der Waals surface area contributed by atoms with Crippen molar-refractivity contribution in [1.82, 2.24) is 15.3 Å². The molecule has 1 heterocycles. The van der Waals surface area contributed by atoms with Gasteiger partial charge in [0.25, 0.3) is 5.91 Å². The molecule has 1 amide bonds. The van der Waals surface area contributed by atoms with E-state index in [0.717, 1.165) is 24.3 Å². The number of carbonyl (C=O) groups excluding carboxylic acids is 1. The number of aromatic nitrogens is 2. The molecule has 1 aromatic carbocycles. The highest BCUT2D eigenvalue weighted by Crippen LogP contribution is 2.27. The first-order chi connectivity index (χ1) is 11.6. The SMILES string of the molecule is CCCCNC(=O)c1cc(Nc2ccccc2OC(C)C)ncn1. The van der Waals surface area contributed by atoms with E-state index in [9.17, 15) is 4.79 Å². The maximum absolute atomic E-state index is 12.1. The van der Waals surface area contributed by atoms with Gasteiger partial charge in [-0.25, -0.2) is 9.97 Å². The molecule has 0 spiro atoms. The summed E-state index contributed by atoms with van der Waals surface area (Å²) in [5.74, 6) is 1.09. The molecule has 6 heteroatoms. The van der Waals surface area contributed by atoms with Crippen molar-refractivity contribution in [3.63, 3.8) is 0 Å². The smallest absolute Gasteiger partial charge is 0.270 e. The molecule has 0 aliphatic carbocycles. The van der Waals surface area contributed by atoms with Crippen LogP contribution in [0, 0.1) is 0 Å². The number of anilines is 2. The number of para-hydroxylation sites is 2. The molecule has 1 aromatic heterocycles. The number of nitrogens with one attached hydrogen (secondary N) is 2. The van der Waals surface area contributed by atoms with Crippen LogP contribution in [-0.4, -0.2) is 28.5 Å². The number of benzene rings is 1. The van der Waals surface area contributed by atoms with Crippen LogP contribution >= 0.6 is 0 Å². The van der Waals surface area contributed by atoms with Crippen LogP contribution in [0.25, 0.3) is 0 Å². The van der Waals surface area contributed by atoms with Crippen LogP contribution in [-0.2, 0) is 0 Å². The first-order valence-corrected chi connectivity index (χ1v) is 8.23. The van der Waals surface area contributed by atoms with Gasteiger partial charge in [-0.2, -0.15) is 0 Å². The molecule has 0 atom stereocenters. The first kappa shape index (κ1) is 17.7. The molecule has 6 nitrogen and oxygen atoms in total. The van der Waals surface area contributed by atoms with Crippen molar-refractivity contribution in [3.05, 3.63) is 42.4 Å². The van der Waals surface area contributed by atoms with Gasteiger partial charge in [0, 0.05) is 12.6 Å². The van der Waals surface area contributed by atoms with Crippen LogP contribution in [0.3, 0.4) is 0 Å². The molecule has 0 bridgehead atoms. The number of amides is 1. The van der Waals surface area contributed by atoms with E-state index in [4.69, 9.17) is 4.74 Å². The average molecular weight is 328 g/mol. The van der Waals surface area contributed by atoms with Crippen LogP contribution < -0.4 is 15.4 Å². The van der Waals surface area contributed by atoms with Gasteiger partial charge in [0.1, 0.15) is 23.6 Å². The van der Waals surface area contributed by atoms with Gasteiger partial charge in [-0.15, -0.1) is 0 Å². The highest BCUT2D eigenvalue weighted by atomic mass is 16.5. The van der Waals surface area contributed by atoms with Crippen molar-refractivity contribution in [3.8, 4) is 5.75 Å². The monoisotopic (exact) mass is 328 g/mol. The molecule has 2 N–H and O–H groups in total. The molecule has 0 unspecified atom stereocenters. The van der Waals surface area contributed by atoms with Crippen molar-refractivity contribution in [1.29, 1.82) is 0 Å². The van der Waals surface area contributed by atoms with Crippen molar-refractivity contribution in [2.75, 3.05) is 11.9 Å². The zero-order valence-electron chi connectivity index (χ0n) is 14.4. The van der Waals surface area contributed by atoms with Crippen molar-refractivity contribution in [2.45, 2.75) is 39.7 Å². The molecule has 0 aliphatic rings. The van der Waals surface area contributed by atoms with Crippen LogP contribution in [0.15, 0.2) is 36.7 Å². The van der Waals surface area contributed by atoms with E-state index in [-0.39, 0.29) is 12.0 Å². The summed E-state index contributed by atoms with van der Waals surface area (Å²) in [7, 11) is 0. The third kappa shape index (κ3) is 5.22. The van der Waals surface area contributed by atoms with Crippen LogP contribution in [0.2, 0.25) is 0 Å². The minimum atomic E-state index is -0.194. The standard InChI is InChI=1S/C18H24N4O2/c1-4-5-10-19-18(23)15-11-17(21-12-20-15)22-14-8-6-7-9-16(14)24-13(2)3/h6-9,11-13H,4-5,10H2,1-3H3,(H,19,23)(H,20,21,22). The average Bonchev–Trinajstić information content (AvgIpc) is 2.56. The lowest BCUT2D eigenvalue weighted by Gasteiger charge is -2.15. The number of hydrogen-bond acceptors (Lipinski definition) is 5. The Morgan fingerprint density at radius 3 is 2.79 bits per heavy atom. The fourth-order valence-corrected chi connectivity index (χ4v) is 2.08. The molecular weight excluding hydrogens is 304 g/mol. The molecule has 0 saturated carbocycles. The minimum Gasteiger partial charge on any atom is -0.489 e. The van der Waals surface area contributed by atoms with Gasteiger partial charge in [-0.3, -0.25) is 4.79 Å². The van der Waals surface area contributed by atoms with E-state index >= 15 is 0 Å². The maximum atomic E-state index is 12.1. The topological polar surface area (TPSA) is 76.1 Å². The number of ether oxygens (including phenoxy) is 1. The second kappa shape index (κ2) is 8.86. The Kier molecular flexibility index (Phi) is 6.54. The summed E-state index contributed by atoms with van der Waals surface area (Å²) in [5, 5.41) is 6.03. The number of unbranched alkanes of at least 4 members (excludes halogenated alkanes) is 1. The Morgan fingerprint density at radius 2 is 2.04 bits per heavy atom. The van der Waals surface area contributed by atoms with E-state index in [2.05, 4.69) is 27.5 Å². The second-order valence-corrected chi connectivity index (χ2v) is 5.69. The summed E-state index contributed by atoms with van der Waals surface area (Å²) in [6.07, 6.45) is 3.42. The summed E-state index contributed by atoms with van der Waals surface area (Å²) in [4.78, 5) is 20.3. The summed E-state index contributed by atoms with van der Waals surface area (Å²) < 4.78 is 5.78. The molecule has 0 saturated heterocycles. The molecule has 2 rings (SSSR count). The first-order valence-electron chi connectivity index (χ1n) is 8.23. The van der Waals surface area contributed by atoms with Crippen molar-refractivity contribution < 1.29 is 9.53 Å². The lowest BCUT2D eigenvalue weighted by Crippen LogP contribution is -2.25. The highest BCUT2D eigenvalue weighted by molar-refractivity contribution is 5.93. The number of rotatable bonds is 8. The maximum Gasteiger partial charge on any atom is 0.270 e. The highest BCUT2D eigenvalue weighted by Gasteiger charge is 2.10. The predicted octanol–water partition coefficient (Wildman–Crippen LogP) is 3.54. The number of hydrogen-bond donors (Lipinski definition) is 2. The van der Waals surface area contributed by atoms with E-state index in [1.54, 1.807) is 6.07 Å². The zero-order chi connectivity index (χ0) is 17.4. The predicted molar refractivity (Wildman–Crippen MR) is 94.8 cm³/mol. The number of nitrogens with zero attached hydrogens (tertiary/aromatic N) is 2. The molecular formula is C18H24N4O2. The molecule has 128 valence electrons. The van der Waals surface area contributed by atoms with Crippen LogP contribution in [0.4, 0.5) is 11.5 Å². The number of carbonyl (C=O) groups is 1. The molecule has 2 aromatic rings. The van der Waals surface area contributed by atoms with Gasteiger partial charge in [0.2, 0.25) is 0 Å². The van der Waals surface area contributed by atoms with Gasteiger partial charge in [-0.05, 0) is 32.4 Å². The Balaban J connectivity index is 2.11. The van der Waals surface area contributed by atoms with E-state index in [1.807, 2.05) is 38.1 Å². The molecule has 24 heavy (non-hydrogen) atoms. The van der Waals surface area contributed by atoms with Crippen molar-refractivity contribution >= 4 is 17.4 Å². The largest absolute Gasteiger partial charge is 0.489 e. The Labute approximate surface area is 142 Å². The summed E-state index contributed by atoms with van der Waals surface area (Å²) in [6, 6.07) is 9.25. The van der Waals surface area contributed by atoms with Gasteiger partial charge < -0.3 is 15.4 Å². The summed E-state index contributed by atoms with van der Waals surface area (Å²) in [6.45, 7) is 6.67. The third-order valence-electron chi connectivity index (χ3n) is 3.23. The minimum absolute atomic E-state index is 0.0678. The fourth-order valence-electron chi connectivity index (χ4n) is 2.08. The normalized spacial score (nSPS) is 10.5. The van der Waals surface area contributed by atoms with Crippen molar-refractivity contribution in [2.24, 2.45) is 0 Å². The summed E-state index contributed by atoms with van der Waals surface area (Å²) in [5.41, 5.74) is 1.13. The van der Waals surface area contributed by atoms with Gasteiger partial charge in [0.05, 0.1) is 11.8 Å². The Bertz CT molecular complexity index is 674. The molecule has 0 aliphatic heterocycles. The molecule has 0 radical (unpaired) electrons. The molecule has 0 fully saturated rings. The quantitative estimate of drug-likeness (QED) is 0.725.